The van der Waals surface area contributed by atoms with Crippen molar-refractivity contribution in [1.29, 1.82) is 0 Å². The zero-order valence-corrected chi connectivity index (χ0v) is 11.7. The maximum atomic E-state index is 5.48. The monoisotopic (exact) mass is 265 g/mol. The van der Waals surface area contributed by atoms with Crippen LogP contribution in [-0.4, -0.2) is 34.6 Å². The van der Waals surface area contributed by atoms with E-state index in [4.69, 9.17) is 9.47 Å². The van der Waals surface area contributed by atoms with Crippen LogP contribution in [0, 0.1) is 5.92 Å². The van der Waals surface area contributed by atoms with Crippen LogP contribution in [0.1, 0.15) is 50.2 Å². The molecule has 1 aromatic rings. The Bertz CT molecular complexity index is 413. The molecule has 0 saturated carbocycles. The van der Waals surface area contributed by atoms with Crippen molar-refractivity contribution in [2.24, 2.45) is 5.92 Å². The minimum atomic E-state index is 0.570. The van der Waals surface area contributed by atoms with Gasteiger partial charge in [0.15, 0.2) is 5.82 Å². The van der Waals surface area contributed by atoms with Gasteiger partial charge in [0, 0.05) is 32.3 Å². The molecule has 0 bridgehead atoms. The summed E-state index contributed by atoms with van der Waals surface area (Å²) in [5.74, 6) is 3.47. The summed E-state index contributed by atoms with van der Waals surface area (Å²) in [4.78, 5) is 0. The van der Waals surface area contributed by atoms with E-state index in [1.54, 1.807) is 0 Å². The Kier molecular flexibility index (Phi) is 4.13. The second-order valence-corrected chi connectivity index (χ2v) is 5.46. The van der Waals surface area contributed by atoms with E-state index in [0.29, 0.717) is 12.5 Å². The van der Waals surface area contributed by atoms with Gasteiger partial charge in [0.05, 0.1) is 0 Å². The number of rotatable bonds is 4. The fourth-order valence-electron chi connectivity index (χ4n) is 3.33. The highest BCUT2D eigenvalue weighted by Gasteiger charge is 2.32. The molecule has 3 heterocycles. The number of hydrogen-bond acceptors (Lipinski definition) is 4. The highest BCUT2D eigenvalue weighted by molar-refractivity contribution is 5.07. The van der Waals surface area contributed by atoms with E-state index in [0.717, 1.165) is 38.1 Å². The molecular formula is C14H23N3O2. The summed E-state index contributed by atoms with van der Waals surface area (Å²) in [6.07, 6.45) is 4.81. The van der Waals surface area contributed by atoms with Gasteiger partial charge in [0.25, 0.3) is 0 Å². The van der Waals surface area contributed by atoms with Crippen LogP contribution >= 0.6 is 0 Å². The Balaban J connectivity index is 1.77. The molecule has 0 amide bonds. The molecule has 0 aliphatic carbocycles. The van der Waals surface area contributed by atoms with E-state index in [-0.39, 0.29) is 0 Å². The fourth-order valence-corrected chi connectivity index (χ4v) is 3.33. The van der Waals surface area contributed by atoms with Gasteiger partial charge in [-0.1, -0.05) is 0 Å². The Morgan fingerprint density at radius 3 is 2.89 bits per heavy atom. The van der Waals surface area contributed by atoms with Crippen molar-refractivity contribution >= 4 is 0 Å². The van der Waals surface area contributed by atoms with E-state index in [1.807, 2.05) is 6.92 Å². The van der Waals surface area contributed by atoms with Crippen molar-refractivity contribution in [3.05, 3.63) is 11.6 Å². The minimum Gasteiger partial charge on any atom is -0.381 e. The van der Waals surface area contributed by atoms with Gasteiger partial charge in [-0.05, 0) is 38.5 Å². The molecule has 0 aromatic carbocycles. The molecule has 3 rings (SSSR count). The third-order valence-corrected chi connectivity index (χ3v) is 4.35. The average Bonchev–Trinajstić information content (AvgIpc) is 2.89. The van der Waals surface area contributed by atoms with E-state index >= 15 is 0 Å². The summed E-state index contributed by atoms with van der Waals surface area (Å²) < 4.78 is 13.2. The molecule has 19 heavy (non-hydrogen) atoms. The van der Waals surface area contributed by atoms with Crippen molar-refractivity contribution < 1.29 is 9.47 Å². The largest absolute Gasteiger partial charge is 0.381 e. The van der Waals surface area contributed by atoms with Crippen LogP contribution in [0.2, 0.25) is 0 Å². The SMILES string of the molecule is CCOCc1nnc2n1CCCC2C1CCOCC1. The second kappa shape index (κ2) is 6.01. The molecule has 1 aromatic heterocycles. The van der Waals surface area contributed by atoms with Gasteiger partial charge < -0.3 is 14.0 Å². The van der Waals surface area contributed by atoms with E-state index in [2.05, 4.69) is 14.8 Å². The molecule has 2 aliphatic rings. The molecule has 1 unspecified atom stereocenters. The van der Waals surface area contributed by atoms with Crippen LogP contribution in [0.3, 0.4) is 0 Å². The van der Waals surface area contributed by atoms with Crippen molar-refractivity contribution in [2.75, 3.05) is 19.8 Å². The molecule has 1 saturated heterocycles. The topological polar surface area (TPSA) is 49.2 Å². The maximum Gasteiger partial charge on any atom is 0.159 e. The summed E-state index contributed by atoms with van der Waals surface area (Å²) in [7, 11) is 0. The number of hydrogen-bond donors (Lipinski definition) is 0. The van der Waals surface area contributed by atoms with Crippen LogP contribution in [0.25, 0.3) is 0 Å². The molecule has 5 heteroatoms. The van der Waals surface area contributed by atoms with E-state index in [1.165, 1.54) is 31.5 Å². The Labute approximate surface area is 114 Å². The van der Waals surface area contributed by atoms with Crippen LogP contribution in [-0.2, 0) is 22.6 Å². The summed E-state index contributed by atoms with van der Waals surface area (Å²) in [5, 5.41) is 8.80. The molecule has 0 spiro atoms. The first-order valence-corrected chi connectivity index (χ1v) is 7.47. The lowest BCUT2D eigenvalue weighted by atomic mass is 9.81. The Hall–Kier alpha value is -0.940. The molecule has 1 atom stereocenters. The highest BCUT2D eigenvalue weighted by atomic mass is 16.5. The molecule has 5 nitrogen and oxygen atoms in total. The van der Waals surface area contributed by atoms with Gasteiger partial charge >= 0.3 is 0 Å². The maximum absolute atomic E-state index is 5.48. The van der Waals surface area contributed by atoms with Gasteiger partial charge in [-0.25, -0.2) is 0 Å². The summed E-state index contributed by atoms with van der Waals surface area (Å²) >= 11 is 0. The third-order valence-electron chi connectivity index (χ3n) is 4.35. The van der Waals surface area contributed by atoms with Crippen LogP contribution in [0.4, 0.5) is 0 Å². The van der Waals surface area contributed by atoms with Gasteiger partial charge in [-0.2, -0.15) is 0 Å². The predicted molar refractivity (Wildman–Crippen MR) is 70.9 cm³/mol. The molecule has 2 aliphatic heterocycles. The highest BCUT2D eigenvalue weighted by Crippen LogP contribution is 2.37. The molecule has 0 N–H and O–H groups in total. The Morgan fingerprint density at radius 2 is 2.11 bits per heavy atom. The molecular weight excluding hydrogens is 242 g/mol. The summed E-state index contributed by atoms with van der Waals surface area (Å²) in [6, 6.07) is 0. The normalized spacial score (nSPS) is 24.4. The van der Waals surface area contributed by atoms with E-state index in [9.17, 15) is 0 Å². The van der Waals surface area contributed by atoms with Crippen molar-refractivity contribution in [1.82, 2.24) is 14.8 Å². The van der Waals surface area contributed by atoms with Crippen LogP contribution in [0.5, 0.6) is 0 Å². The second-order valence-electron chi connectivity index (χ2n) is 5.46. The van der Waals surface area contributed by atoms with Crippen LogP contribution in [0.15, 0.2) is 0 Å². The lowest BCUT2D eigenvalue weighted by molar-refractivity contribution is 0.0530. The standard InChI is InChI=1S/C14H23N3O2/c1-2-18-10-13-15-16-14-12(4-3-7-17(13)14)11-5-8-19-9-6-11/h11-12H,2-10H2,1H3. The first-order valence-electron chi connectivity index (χ1n) is 7.47. The minimum absolute atomic E-state index is 0.570. The predicted octanol–water partition coefficient (Wildman–Crippen LogP) is 2.12. The molecule has 0 radical (unpaired) electrons. The number of fused-ring (bicyclic) bond motifs is 1. The third kappa shape index (κ3) is 2.67. The number of ether oxygens (including phenoxy) is 2. The van der Waals surface area contributed by atoms with Gasteiger partial charge in [-0.15, -0.1) is 10.2 Å². The van der Waals surface area contributed by atoms with Gasteiger partial charge in [-0.3, -0.25) is 0 Å². The first kappa shape index (κ1) is 13.1. The van der Waals surface area contributed by atoms with Crippen LogP contribution < -0.4 is 0 Å². The fraction of sp³-hybridized carbons (Fsp3) is 0.857. The van der Waals surface area contributed by atoms with E-state index < -0.39 is 0 Å². The van der Waals surface area contributed by atoms with Crippen molar-refractivity contribution in [3.8, 4) is 0 Å². The quantitative estimate of drug-likeness (QED) is 0.836. The Morgan fingerprint density at radius 1 is 1.26 bits per heavy atom. The number of aromatic nitrogens is 3. The van der Waals surface area contributed by atoms with Gasteiger partial charge in [0.1, 0.15) is 12.4 Å². The lowest BCUT2D eigenvalue weighted by Gasteiger charge is -2.32. The summed E-state index contributed by atoms with van der Waals surface area (Å²) in [6.45, 7) is 6.18. The zero-order chi connectivity index (χ0) is 13.1. The lowest BCUT2D eigenvalue weighted by Crippen LogP contribution is -2.28. The van der Waals surface area contributed by atoms with Crippen molar-refractivity contribution in [2.45, 2.75) is 51.7 Å². The zero-order valence-electron chi connectivity index (χ0n) is 11.7. The summed E-state index contributed by atoms with van der Waals surface area (Å²) in [5.41, 5.74) is 0. The first-order chi connectivity index (χ1) is 9.40. The van der Waals surface area contributed by atoms with Gasteiger partial charge in [0.2, 0.25) is 0 Å². The number of nitrogens with zero attached hydrogens (tertiary/aromatic N) is 3. The smallest absolute Gasteiger partial charge is 0.159 e. The molecule has 1 fully saturated rings. The average molecular weight is 265 g/mol. The van der Waals surface area contributed by atoms with Crippen molar-refractivity contribution in [3.63, 3.8) is 0 Å². The molecule has 106 valence electrons.